The maximum absolute atomic E-state index is 10.4. The van der Waals surface area contributed by atoms with Gasteiger partial charge in [0, 0.05) is 25.4 Å². The lowest BCUT2D eigenvalue weighted by atomic mass is 10.2. The second-order valence-corrected chi connectivity index (χ2v) is 2.90. The normalized spacial score (nSPS) is 18.5. The first-order valence-electron chi connectivity index (χ1n) is 3.73. The van der Waals surface area contributed by atoms with Gasteiger partial charge in [-0.1, -0.05) is 0 Å². The third-order valence-corrected chi connectivity index (χ3v) is 1.69. The van der Waals surface area contributed by atoms with Crippen LogP contribution in [0, 0.1) is 0 Å². The molecule has 12 heavy (non-hydrogen) atoms. The maximum Gasteiger partial charge on any atom is 0.320 e. The van der Waals surface area contributed by atoms with Crippen LogP contribution in [0.4, 0.5) is 0 Å². The van der Waals surface area contributed by atoms with E-state index in [1.807, 2.05) is 18.1 Å². The van der Waals surface area contributed by atoms with Gasteiger partial charge >= 0.3 is 5.97 Å². The molecular weight excluding hydrogens is 158 g/mol. The van der Waals surface area contributed by atoms with Crippen LogP contribution in [0.25, 0.3) is 0 Å². The Hall–Kier alpha value is -1.23. The maximum atomic E-state index is 10.4. The van der Waals surface area contributed by atoms with E-state index in [1.165, 1.54) is 0 Å². The number of carbonyl (C=O) groups is 1. The fraction of sp³-hybridized carbons (Fsp3) is 0.571. The van der Waals surface area contributed by atoms with Gasteiger partial charge in [0.05, 0.1) is 6.67 Å². The molecule has 0 radical (unpaired) electrons. The number of carboxylic acids is 1. The van der Waals surface area contributed by atoms with Crippen molar-refractivity contribution in [2.24, 2.45) is 5.73 Å². The molecule has 0 spiro atoms. The molecule has 1 heterocycles. The highest BCUT2D eigenvalue weighted by molar-refractivity contribution is 5.73. The topological polar surface area (TPSA) is 78.6 Å². The van der Waals surface area contributed by atoms with Gasteiger partial charge in [-0.3, -0.25) is 4.79 Å². The lowest BCUT2D eigenvalue weighted by molar-refractivity contribution is -0.138. The van der Waals surface area contributed by atoms with Crippen molar-refractivity contribution < 1.29 is 9.90 Å². The molecule has 1 aliphatic rings. The number of aliphatic carboxylic acids is 1. The Kier molecular flexibility index (Phi) is 2.54. The molecule has 0 aromatic rings. The predicted octanol–water partition coefficient (Wildman–Crippen LogP) is -0.878. The van der Waals surface area contributed by atoms with Crippen LogP contribution in [-0.4, -0.2) is 35.7 Å². The van der Waals surface area contributed by atoms with Gasteiger partial charge in [0.2, 0.25) is 0 Å². The van der Waals surface area contributed by atoms with Crippen molar-refractivity contribution in [1.82, 2.24) is 10.2 Å². The summed E-state index contributed by atoms with van der Waals surface area (Å²) in [5, 5.41) is 11.6. The largest absolute Gasteiger partial charge is 0.480 e. The molecule has 0 aliphatic carbocycles. The van der Waals surface area contributed by atoms with E-state index in [2.05, 4.69) is 5.32 Å². The van der Waals surface area contributed by atoms with E-state index in [4.69, 9.17) is 10.8 Å². The highest BCUT2D eigenvalue weighted by Gasteiger charge is 2.16. The quantitative estimate of drug-likeness (QED) is 0.514. The molecule has 0 amide bonds. The monoisotopic (exact) mass is 171 g/mol. The molecule has 0 aromatic heterocycles. The molecule has 0 unspecified atom stereocenters. The molecule has 0 saturated carbocycles. The van der Waals surface area contributed by atoms with Crippen molar-refractivity contribution in [2.45, 2.75) is 12.5 Å². The summed E-state index contributed by atoms with van der Waals surface area (Å²) in [6.07, 6.45) is 2.22. The van der Waals surface area contributed by atoms with Gasteiger partial charge in [-0.05, 0) is 0 Å². The molecule has 0 aromatic carbocycles. The minimum absolute atomic E-state index is 0.361. The van der Waals surface area contributed by atoms with Crippen LogP contribution < -0.4 is 11.1 Å². The van der Waals surface area contributed by atoms with E-state index < -0.39 is 12.0 Å². The molecule has 5 heteroatoms. The second-order valence-electron chi connectivity index (χ2n) is 2.90. The molecule has 0 saturated heterocycles. The van der Waals surface area contributed by atoms with Crippen molar-refractivity contribution in [1.29, 1.82) is 0 Å². The standard InChI is InChI=1S/C7H13N3O2/c1-10-3-5(9-4-10)2-6(8)7(11)12/h3,6,9H,2,4,8H2,1H3,(H,11,12)/t6-/m0/s1. The third-order valence-electron chi connectivity index (χ3n) is 1.69. The first-order valence-corrected chi connectivity index (χ1v) is 3.73. The molecule has 1 rings (SSSR count). The summed E-state index contributed by atoms with van der Waals surface area (Å²) < 4.78 is 0. The van der Waals surface area contributed by atoms with Gasteiger partial charge in [0.25, 0.3) is 0 Å². The minimum atomic E-state index is -0.966. The lowest BCUT2D eigenvalue weighted by Crippen LogP contribution is -2.32. The van der Waals surface area contributed by atoms with Crippen LogP contribution in [0.15, 0.2) is 11.9 Å². The van der Waals surface area contributed by atoms with Gasteiger partial charge < -0.3 is 21.1 Å². The Balaban J connectivity index is 2.41. The molecule has 1 atom stereocenters. The molecule has 0 bridgehead atoms. The Morgan fingerprint density at radius 2 is 2.67 bits per heavy atom. The SMILES string of the molecule is CN1C=C(C[C@H](N)C(=O)O)NC1. The van der Waals surface area contributed by atoms with Crippen LogP contribution in [0.1, 0.15) is 6.42 Å². The molecule has 4 N–H and O–H groups in total. The van der Waals surface area contributed by atoms with Crippen LogP contribution in [0.3, 0.4) is 0 Å². The highest BCUT2D eigenvalue weighted by Crippen LogP contribution is 2.06. The van der Waals surface area contributed by atoms with Crippen molar-refractivity contribution >= 4 is 5.97 Å². The number of nitrogens with one attached hydrogen (secondary N) is 1. The third kappa shape index (κ3) is 2.13. The zero-order valence-corrected chi connectivity index (χ0v) is 6.95. The van der Waals surface area contributed by atoms with Gasteiger partial charge in [0.1, 0.15) is 6.04 Å². The average molecular weight is 171 g/mol. The first-order chi connectivity index (χ1) is 5.59. The highest BCUT2D eigenvalue weighted by atomic mass is 16.4. The molecule has 5 nitrogen and oxygen atoms in total. The van der Waals surface area contributed by atoms with Crippen LogP contribution in [0.2, 0.25) is 0 Å². The zero-order chi connectivity index (χ0) is 9.14. The first kappa shape index (κ1) is 8.86. The van der Waals surface area contributed by atoms with Gasteiger partial charge in [0.15, 0.2) is 0 Å². The van der Waals surface area contributed by atoms with E-state index >= 15 is 0 Å². The second kappa shape index (κ2) is 3.44. The Morgan fingerprint density at radius 1 is 2.00 bits per heavy atom. The summed E-state index contributed by atoms with van der Waals surface area (Å²) in [4.78, 5) is 12.3. The Bertz CT molecular complexity index is 215. The number of carboxylic acid groups (broad SMARTS) is 1. The van der Waals surface area contributed by atoms with E-state index in [0.717, 1.165) is 12.4 Å². The van der Waals surface area contributed by atoms with E-state index in [9.17, 15) is 4.79 Å². The summed E-state index contributed by atoms with van der Waals surface area (Å²) in [5.41, 5.74) is 6.22. The van der Waals surface area contributed by atoms with Crippen molar-refractivity contribution in [3.63, 3.8) is 0 Å². The van der Waals surface area contributed by atoms with Gasteiger partial charge in [-0.25, -0.2) is 0 Å². The summed E-state index contributed by atoms with van der Waals surface area (Å²) in [7, 11) is 1.91. The van der Waals surface area contributed by atoms with Crippen molar-refractivity contribution in [3.8, 4) is 0 Å². The number of hydrogen-bond donors (Lipinski definition) is 3. The Labute approximate surface area is 70.8 Å². The molecule has 0 fully saturated rings. The van der Waals surface area contributed by atoms with Crippen LogP contribution >= 0.6 is 0 Å². The van der Waals surface area contributed by atoms with Gasteiger partial charge in [-0.15, -0.1) is 0 Å². The minimum Gasteiger partial charge on any atom is -0.480 e. The molecular formula is C7H13N3O2. The van der Waals surface area contributed by atoms with Gasteiger partial charge in [-0.2, -0.15) is 0 Å². The number of hydrogen-bond acceptors (Lipinski definition) is 4. The number of rotatable bonds is 3. The van der Waals surface area contributed by atoms with Crippen molar-refractivity contribution in [2.75, 3.05) is 13.7 Å². The summed E-state index contributed by atoms with van der Waals surface area (Å²) in [6, 6.07) is -0.810. The van der Waals surface area contributed by atoms with E-state index in [-0.39, 0.29) is 0 Å². The fourth-order valence-corrected chi connectivity index (χ4v) is 1.03. The smallest absolute Gasteiger partial charge is 0.320 e. The number of nitrogens with two attached hydrogens (primary N) is 1. The molecule has 1 aliphatic heterocycles. The van der Waals surface area contributed by atoms with Crippen molar-refractivity contribution in [3.05, 3.63) is 11.9 Å². The number of nitrogens with zero attached hydrogens (tertiary/aromatic N) is 1. The van der Waals surface area contributed by atoms with Crippen LogP contribution in [0.5, 0.6) is 0 Å². The fourth-order valence-electron chi connectivity index (χ4n) is 1.03. The lowest BCUT2D eigenvalue weighted by Gasteiger charge is -2.06. The van der Waals surface area contributed by atoms with Crippen LogP contribution in [-0.2, 0) is 4.79 Å². The molecule has 68 valence electrons. The van der Waals surface area contributed by atoms with E-state index in [0.29, 0.717) is 6.42 Å². The Morgan fingerprint density at radius 3 is 3.08 bits per heavy atom. The zero-order valence-electron chi connectivity index (χ0n) is 6.95. The average Bonchev–Trinajstić information content (AvgIpc) is 2.35. The summed E-state index contributed by atoms with van der Waals surface area (Å²) >= 11 is 0. The predicted molar refractivity (Wildman–Crippen MR) is 44.1 cm³/mol. The summed E-state index contributed by atoms with van der Waals surface area (Å²) in [6.45, 7) is 0.724. The summed E-state index contributed by atoms with van der Waals surface area (Å²) in [5.74, 6) is -0.966. The van der Waals surface area contributed by atoms with E-state index in [1.54, 1.807) is 0 Å².